The van der Waals surface area contributed by atoms with Gasteiger partial charge >= 0.3 is 0 Å². The number of nitrogens with one attached hydrogen (secondary N) is 2. The average Bonchev–Trinajstić information content (AvgIpc) is 3.37. The van der Waals surface area contributed by atoms with Crippen LogP contribution in [0.15, 0.2) is 52.6 Å². The molecule has 4 rings (SSSR count). The number of carbonyl (C=O) groups is 1. The van der Waals surface area contributed by atoms with Crippen molar-refractivity contribution in [1.29, 1.82) is 0 Å². The van der Waals surface area contributed by atoms with Crippen LogP contribution >= 0.6 is 22.9 Å². The van der Waals surface area contributed by atoms with Gasteiger partial charge in [0.15, 0.2) is 0 Å². The van der Waals surface area contributed by atoms with Crippen LogP contribution in [-0.4, -0.2) is 25.7 Å². The monoisotopic (exact) mass is 439 g/mol. The summed E-state index contributed by atoms with van der Waals surface area (Å²) < 4.78 is 1.44. The lowest BCUT2D eigenvalue weighted by Gasteiger charge is -2.10. The van der Waals surface area contributed by atoms with E-state index in [1.807, 2.05) is 29.6 Å². The Bertz CT molecular complexity index is 1280. The van der Waals surface area contributed by atoms with E-state index < -0.39 is 0 Å². The summed E-state index contributed by atoms with van der Waals surface area (Å²) in [6.45, 7) is 3.46. The Morgan fingerprint density at radius 1 is 1.23 bits per heavy atom. The van der Waals surface area contributed by atoms with Crippen LogP contribution < -0.4 is 10.9 Å². The Labute approximate surface area is 181 Å². The van der Waals surface area contributed by atoms with E-state index >= 15 is 0 Å². The summed E-state index contributed by atoms with van der Waals surface area (Å²) in [6, 6.07) is 12.8. The highest BCUT2D eigenvalue weighted by Gasteiger charge is 2.17. The molecule has 0 spiro atoms. The number of H-pyrrole nitrogens is 1. The summed E-state index contributed by atoms with van der Waals surface area (Å²) in [5.74, 6) is 0.383. The number of carbonyl (C=O) groups excluding carboxylic acids is 1. The number of thiophene rings is 1. The fourth-order valence-electron chi connectivity index (χ4n) is 2.91. The molecule has 1 aromatic carbocycles. The smallest absolute Gasteiger partial charge is 0.255 e. The van der Waals surface area contributed by atoms with Gasteiger partial charge in [0.25, 0.3) is 5.56 Å². The summed E-state index contributed by atoms with van der Waals surface area (Å²) >= 11 is 7.70. The van der Waals surface area contributed by atoms with E-state index in [4.69, 9.17) is 11.6 Å². The van der Waals surface area contributed by atoms with Gasteiger partial charge in [-0.2, -0.15) is 9.78 Å². The molecule has 4 aromatic rings. The summed E-state index contributed by atoms with van der Waals surface area (Å²) in [6.07, 6.45) is 0.107. The van der Waals surface area contributed by atoms with Gasteiger partial charge in [-0.25, -0.2) is 4.98 Å². The highest BCUT2D eigenvalue weighted by atomic mass is 35.5. The molecule has 0 radical (unpaired) electrons. The van der Waals surface area contributed by atoms with E-state index in [2.05, 4.69) is 20.4 Å². The molecule has 0 fully saturated rings. The molecule has 3 aromatic heterocycles. The van der Waals surface area contributed by atoms with Gasteiger partial charge in [-0.1, -0.05) is 35.9 Å². The lowest BCUT2D eigenvalue weighted by molar-refractivity contribution is -0.115. The van der Waals surface area contributed by atoms with Crippen molar-refractivity contribution in [2.45, 2.75) is 20.3 Å². The minimum atomic E-state index is -0.256. The Kier molecular flexibility index (Phi) is 5.52. The second-order valence-corrected chi connectivity index (χ2v) is 8.08. The molecule has 0 aliphatic heterocycles. The second-order valence-electron chi connectivity index (χ2n) is 6.72. The molecule has 0 aliphatic carbocycles. The zero-order chi connectivity index (χ0) is 21.3. The number of nitrogens with zero attached hydrogens (tertiary/aromatic N) is 3. The van der Waals surface area contributed by atoms with Crippen LogP contribution in [0.25, 0.3) is 16.5 Å². The highest BCUT2D eigenvalue weighted by Crippen LogP contribution is 2.27. The molecule has 1 amide bonds. The molecule has 7 nitrogen and oxygen atoms in total. The number of aromatic nitrogens is 4. The van der Waals surface area contributed by atoms with Crippen molar-refractivity contribution < 1.29 is 4.79 Å². The first-order valence-electron chi connectivity index (χ1n) is 9.17. The van der Waals surface area contributed by atoms with Crippen LogP contribution in [-0.2, 0) is 11.2 Å². The first-order valence-corrected chi connectivity index (χ1v) is 10.4. The van der Waals surface area contributed by atoms with Gasteiger partial charge < -0.3 is 5.32 Å². The molecule has 9 heteroatoms. The quantitative estimate of drug-likeness (QED) is 0.489. The molecule has 0 aliphatic rings. The number of hydrogen-bond donors (Lipinski definition) is 2. The van der Waals surface area contributed by atoms with Crippen molar-refractivity contribution in [2.24, 2.45) is 0 Å². The van der Waals surface area contributed by atoms with Gasteiger partial charge in [0, 0.05) is 22.3 Å². The topological polar surface area (TPSA) is 92.7 Å². The van der Waals surface area contributed by atoms with E-state index in [9.17, 15) is 9.59 Å². The lowest BCUT2D eigenvalue weighted by atomic mass is 10.1. The lowest BCUT2D eigenvalue weighted by Crippen LogP contribution is -2.21. The number of hydrogen-bond acceptors (Lipinski definition) is 5. The van der Waals surface area contributed by atoms with Crippen LogP contribution in [0.3, 0.4) is 0 Å². The fourth-order valence-corrected chi connectivity index (χ4v) is 3.79. The van der Waals surface area contributed by atoms with Crippen molar-refractivity contribution in [1.82, 2.24) is 19.7 Å². The molecular weight excluding hydrogens is 422 g/mol. The number of benzene rings is 1. The van der Waals surface area contributed by atoms with E-state index in [-0.39, 0.29) is 23.8 Å². The largest absolute Gasteiger partial charge is 0.310 e. The maximum Gasteiger partial charge on any atom is 0.255 e. The number of amides is 1. The van der Waals surface area contributed by atoms with Crippen molar-refractivity contribution >= 4 is 34.7 Å². The predicted molar refractivity (Wildman–Crippen MR) is 119 cm³/mol. The van der Waals surface area contributed by atoms with Gasteiger partial charge in [-0.3, -0.25) is 14.6 Å². The SMILES string of the molecule is Cc1nc(-n2nc(-c3cccs3)cc2NC(=O)Cc2ccccc2Cl)[nH]c(=O)c1C. The summed E-state index contributed by atoms with van der Waals surface area (Å²) in [5.41, 5.74) is 2.26. The molecule has 0 atom stereocenters. The Morgan fingerprint density at radius 2 is 2.03 bits per heavy atom. The zero-order valence-corrected chi connectivity index (χ0v) is 17.8. The van der Waals surface area contributed by atoms with Crippen molar-refractivity contribution in [3.8, 4) is 16.5 Å². The number of halogens is 1. The van der Waals surface area contributed by atoms with Crippen LogP contribution in [0.2, 0.25) is 5.02 Å². The summed E-state index contributed by atoms with van der Waals surface area (Å²) in [5, 5.41) is 9.91. The van der Waals surface area contributed by atoms with Crippen molar-refractivity contribution in [3.63, 3.8) is 0 Å². The molecule has 0 saturated carbocycles. The van der Waals surface area contributed by atoms with Crippen molar-refractivity contribution in [2.75, 3.05) is 5.32 Å². The van der Waals surface area contributed by atoms with Gasteiger partial charge in [-0.15, -0.1) is 11.3 Å². The minimum Gasteiger partial charge on any atom is -0.310 e. The molecule has 152 valence electrons. The second kappa shape index (κ2) is 8.25. The third-order valence-electron chi connectivity index (χ3n) is 4.64. The molecule has 0 saturated heterocycles. The fraction of sp³-hybridized carbons (Fsp3) is 0.143. The third kappa shape index (κ3) is 4.05. The molecular formula is C21H18ClN5O2S. The standard InChI is InChI=1S/C21H18ClN5O2S/c1-12-13(2)23-21(25-20(12)29)27-18(11-16(26-27)17-8-5-9-30-17)24-19(28)10-14-6-3-4-7-15(14)22/h3-9,11H,10H2,1-2H3,(H,24,28)(H,23,25,29). The zero-order valence-electron chi connectivity index (χ0n) is 16.3. The van der Waals surface area contributed by atoms with Crippen molar-refractivity contribution in [3.05, 3.63) is 80.0 Å². The van der Waals surface area contributed by atoms with E-state index in [1.54, 1.807) is 32.0 Å². The first kappa shape index (κ1) is 20.1. The number of anilines is 1. The molecule has 30 heavy (non-hydrogen) atoms. The molecule has 3 heterocycles. The van der Waals surface area contributed by atoms with Gasteiger partial charge in [0.2, 0.25) is 11.9 Å². The van der Waals surface area contributed by atoms with Gasteiger partial charge in [-0.05, 0) is 36.9 Å². The number of aryl methyl sites for hydroxylation is 1. The number of aromatic amines is 1. The van der Waals surface area contributed by atoms with Crippen LogP contribution in [0.1, 0.15) is 16.8 Å². The number of rotatable bonds is 5. The molecule has 2 N–H and O–H groups in total. The normalized spacial score (nSPS) is 10.9. The Hall–Kier alpha value is -3.23. The maximum atomic E-state index is 12.7. The predicted octanol–water partition coefficient (Wildman–Crippen LogP) is 4.14. The summed E-state index contributed by atoms with van der Waals surface area (Å²) in [4.78, 5) is 33.0. The third-order valence-corrected chi connectivity index (χ3v) is 5.90. The Balaban J connectivity index is 1.72. The molecule has 0 unspecified atom stereocenters. The summed E-state index contributed by atoms with van der Waals surface area (Å²) in [7, 11) is 0. The van der Waals surface area contributed by atoms with E-state index in [0.29, 0.717) is 27.8 Å². The van der Waals surface area contributed by atoms with E-state index in [1.165, 1.54) is 16.0 Å². The average molecular weight is 440 g/mol. The first-order chi connectivity index (χ1) is 14.4. The van der Waals surface area contributed by atoms with Gasteiger partial charge in [0.05, 0.1) is 11.3 Å². The Morgan fingerprint density at radius 3 is 2.73 bits per heavy atom. The van der Waals surface area contributed by atoms with Gasteiger partial charge in [0.1, 0.15) is 11.5 Å². The van der Waals surface area contributed by atoms with Crippen LogP contribution in [0.5, 0.6) is 0 Å². The van der Waals surface area contributed by atoms with Crippen LogP contribution in [0.4, 0.5) is 5.82 Å². The maximum absolute atomic E-state index is 12.7. The molecule has 0 bridgehead atoms. The van der Waals surface area contributed by atoms with Crippen LogP contribution in [0, 0.1) is 13.8 Å². The minimum absolute atomic E-state index is 0.107. The highest BCUT2D eigenvalue weighted by molar-refractivity contribution is 7.13. The van der Waals surface area contributed by atoms with E-state index in [0.717, 1.165) is 10.4 Å².